The molecule has 1 aromatic rings. The number of hydrogen-bond acceptors (Lipinski definition) is 4. The number of rotatable bonds is 6. The number of fused-ring (bicyclic) bond motifs is 3. The quantitative estimate of drug-likeness (QED) is 0.473. The number of benzene rings is 1. The van der Waals surface area contributed by atoms with Crippen molar-refractivity contribution in [3.8, 4) is 5.75 Å². The molecule has 1 saturated heterocycles. The van der Waals surface area contributed by atoms with Crippen LogP contribution < -0.4 is 4.74 Å². The van der Waals surface area contributed by atoms with E-state index in [0.29, 0.717) is 36.0 Å². The fourth-order valence-corrected chi connectivity index (χ4v) is 8.65. The maximum atomic E-state index is 11.1. The molecule has 5 heteroatoms. The van der Waals surface area contributed by atoms with Gasteiger partial charge in [-0.25, -0.2) is 4.79 Å². The number of hydrogen-bond donors (Lipinski definition) is 1. The lowest BCUT2D eigenvalue weighted by molar-refractivity contribution is -0.322. The Hall–Kier alpha value is -1.59. The van der Waals surface area contributed by atoms with Crippen LogP contribution in [-0.2, 0) is 9.47 Å². The van der Waals surface area contributed by atoms with Crippen LogP contribution in [0.3, 0.4) is 0 Å². The van der Waals surface area contributed by atoms with Gasteiger partial charge >= 0.3 is 5.97 Å². The lowest BCUT2D eigenvalue weighted by Crippen LogP contribution is -2.63. The highest BCUT2D eigenvalue weighted by molar-refractivity contribution is 5.87. The Morgan fingerprint density at radius 3 is 2.40 bits per heavy atom. The van der Waals surface area contributed by atoms with Crippen LogP contribution in [0.1, 0.15) is 95.8 Å². The number of carboxylic acids is 1. The minimum atomic E-state index is -0.909. The monoisotopic (exact) mass is 484 g/mol. The van der Waals surface area contributed by atoms with Crippen LogP contribution in [0.2, 0.25) is 0 Å². The van der Waals surface area contributed by atoms with Crippen LogP contribution in [0.15, 0.2) is 24.3 Å². The third kappa shape index (κ3) is 4.52. The molecular weight excluding hydrogens is 440 g/mol. The van der Waals surface area contributed by atoms with Crippen molar-refractivity contribution < 1.29 is 24.1 Å². The molecule has 3 saturated carbocycles. The highest BCUT2D eigenvalue weighted by atomic mass is 16.7. The molecule has 3 aliphatic carbocycles. The van der Waals surface area contributed by atoms with Gasteiger partial charge in [0.2, 0.25) is 0 Å². The van der Waals surface area contributed by atoms with Crippen molar-refractivity contribution in [3.63, 3.8) is 0 Å². The van der Waals surface area contributed by atoms with E-state index in [9.17, 15) is 4.79 Å². The predicted molar refractivity (Wildman–Crippen MR) is 136 cm³/mol. The van der Waals surface area contributed by atoms with E-state index in [1.54, 1.807) is 24.3 Å². The first-order valence-electron chi connectivity index (χ1n) is 13.9. The molecule has 4 aliphatic rings. The Bertz CT molecular complexity index is 904. The Morgan fingerprint density at radius 1 is 1.00 bits per heavy atom. The molecule has 1 aromatic carbocycles. The fraction of sp³-hybridized carbons (Fsp3) is 0.767. The van der Waals surface area contributed by atoms with E-state index in [1.165, 1.54) is 44.9 Å². The molecule has 35 heavy (non-hydrogen) atoms. The zero-order valence-electron chi connectivity index (χ0n) is 22.1. The summed E-state index contributed by atoms with van der Waals surface area (Å²) in [6.07, 6.45) is 11.3. The molecule has 0 bridgehead atoms. The maximum Gasteiger partial charge on any atom is 0.335 e. The lowest BCUT2D eigenvalue weighted by atomic mass is 9.42. The topological polar surface area (TPSA) is 65.0 Å². The van der Waals surface area contributed by atoms with Gasteiger partial charge in [0, 0.05) is 11.3 Å². The van der Waals surface area contributed by atoms with Crippen molar-refractivity contribution in [2.75, 3.05) is 13.2 Å². The second kappa shape index (κ2) is 9.37. The third-order valence-corrected chi connectivity index (χ3v) is 10.5. The van der Waals surface area contributed by atoms with E-state index in [2.05, 4.69) is 27.7 Å². The Morgan fingerprint density at radius 2 is 1.71 bits per heavy atom. The summed E-state index contributed by atoms with van der Waals surface area (Å²) in [6.45, 7) is 11.4. The van der Waals surface area contributed by atoms with Crippen molar-refractivity contribution >= 4 is 5.97 Å². The van der Waals surface area contributed by atoms with Crippen LogP contribution in [0.25, 0.3) is 0 Å². The third-order valence-electron chi connectivity index (χ3n) is 10.5. The van der Waals surface area contributed by atoms with Gasteiger partial charge in [-0.3, -0.25) is 0 Å². The normalized spacial score (nSPS) is 39.0. The molecule has 4 fully saturated rings. The summed E-state index contributed by atoms with van der Waals surface area (Å²) in [4.78, 5) is 11.1. The lowest BCUT2D eigenvalue weighted by Gasteiger charge is -2.65. The average molecular weight is 485 g/mol. The summed E-state index contributed by atoms with van der Waals surface area (Å²) < 4.78 is 19.3. The van der Waals surface area contributed by atoms with E-state index in [-0.39, 0.29) is 22.5 Å². The highest BCUT2D eigenvalue weighted by Gasteiger charge is 2.62. The van der Waals surface area contributed by atoms with Crippen molar-refractivity contribution in [2.45, 2.75) is 97.9 Å². The Kier molecular flexibility index (Phi) is 6.71. The summed E-state index contributed by atoms with van der Waals surface area (Å²) in [7, 11) is 0. The molecule has 5 nitrogen and oxygen atoms in total. The van der Waals surface area contributed by atoms with Gasteiger partial charge in [-0.15, -0.1) is 0 Å². The van der Waals surface area contributed by atoms with Crippen LogP contribution in [0.4, 0.5) is 0 Å². The predicted octanol–water partition coefficient (Wildman–Crippen LogP) is 6.94. The molecule has 1 aliphatic heterocycles. The zero-order chi connectivity index (χ0) is 24.8. The van der Waals surface area contributed by atoms with E-state index < -0.39 is 5.97 Å². The van der Waals surface area contributed by atoms with Crippen LogP contribution >= 0.6 is 0 Å². The molecule has 5 rings (SSSR count). The van der Waals surface area contributed by atoms with E-state index in [4.69, 9.17) is 19.3 Å². The summed E-state index contributed by atoms with van der Waals surface area (Å²) in [5.41, 5.74) is 0.854. The average Bonchev–Trinajstić information content (AvgIpc) is 3.35. The van der Waals surface area contributed by atoms with Gasteiger partial charge in [-0.1, -0.05) is 40.5 Å². The van der Waals surface area contributed by atoms with Crippen molar-refractivity contribution in [3.05, 3.63) is 29.8 Å². The molecule has 0 aromatic heterocycles. The highest BCUT2D eigenvalue weighted by Crippen LogP contribution is 2.66. The SMILES string of the molecule is CC1(C)CCC2[C@]3(C)CO[C@@H](C4CCCC4)O[C@@H]3CC[C@@]2(C)[C@@H]1CCOc1ccc(C(=O)O)cc1. The Balaban J connectivity index is 1.28. The molecule has 0 radical (unpaired) electrons. The van der Waals surface area contributed by atoms with Crippen LogP contribution in [-0.4, -0.2) is 36.7 Å². The van der Waals surface area contributed by atoms with Crippen molar-refractivity contribution in [2.24, 2.45) is 34.0 Å². The molecule has 1 heterocycles. The summed E-state index contributed by atoms with van der Waals surface area (Å²) in [5, 5.41) is 9.13. The largest absolute Gasteiger partial charge is 0.494 e. The first kappa shape index (κ1) is 25.1. The maximum absolute atomic E-state index is 11.1. The molecule has 6 atom stereocenters. The molecule has 0 spiro atoms. The first-order valence-corrected chi connectivity index (χ1v) is 13.9. The second-order valence-corrected chi connectivity index (χ2v) is 13.0. The van der Waals surface area contributed by atoms with Crippen molar-refractivity contribution in [1.82, 2.24) is 0 Å². The fourth-order valence-electron chi connectivity index (χ4n) is 8.65. The molecule has 194 valence electrons. The molecule has 1 unspecified atom stereocenters. The standard InChI is InChI=1S/C30H44O5/c1-28(2)16-13-24-29(3,23(28)15-18-33-22-11-9-20(10-12-22)26(31)32)17-14-25-30(24,4)19-34-27(35-25)21-7-5-6-8-21/h9-12,21,23-25,27H,5-8,13-19H2,1-4H3,(H,31,32)/t23-,24?,25-,27-,29+,30+/m1/s1. The van der Waals surface area contributed by atoms with Crippen LogP contribution in [0.5, 0.6) is 5.75 Å². The summed E-state index contributed by atoms with van der Waals surface area (Å²) >= 11 is 0. The van der Waals surface area contributed by atoms with Gasteiger partial charge in [-0.05, 0) is 91.9 Å². The van der Waals surface area contributed by atoms with Gasteiger partial charge < -0.3 is 19.3 Å². The van der Waals surface area contributed by atoms with Crippen LogP contribution in [0, 0.1) is 34.0 Å². The summed E-state index contributed by atoms with van der Waals surface area (Å²) in [6, 6.07) is 6.76. The van der Waals surface area contributed by atoms with Crippen molar-refractivity contribution in [1.29, 1.82) is 0 Å². The number of aromatic carboxylic acids is 1. The van der Waals surface area contributed by atoms with E-state index in [0.717, 1.165) is 25.2 Å². The minimum absolute atomic E-state index is 0.0108. The number of ether oxygens (including phenoxy) is 3. The number of carboxylic acid groups (broad SMARTS) is 1. The molecular formula is C30H44O5. The van der Waals surface area contributed by atoms with Gasteiger partial charge in [-0.2, -0.15) is 0 Å². The van der Waals surface area contributed by atoms with Gasteiger partial charge in [0.15, 0.2) is 6.29 Å². The second-order valence-electron chi connectivity index (χ2n) is 13.0. The minimum Gasteiger partial charge on any atom is -0.494 e. The number of carbonyl (C=O) groups is 1. The smallest absolute Gasteiger partial charge is 0.335 e. The zero-order valence-corrected chi connectivity index (χ0v) is 22.1. The van der Waals surface area contributed by atoms with Gasteiger partial charge in [0.05, 0.1) is 24.9 Å². The molecule has 0 amide bonds. The first-order chi connectivity index (χ1) is 16.6. The van der Waals surface area contributed by atoms with E-state index >= 15 is 0 Å². The van der Waals surface area contributed by atoms with Gasteiger partial charge in [0.25, 0.3) is 0 Å². The molecule has 1 N–H and O–H groups in total. The Labute approximate surface area is 210 Å². The summed E-state index contributed by atoms with van der Waals surface area (Å²) in [5.74, 6) is 1.57. The van der Waals surface area contributed by atoms with Gasteiger partial charge in [0.1, 0.15) is 5.75 Å². The van der Waals surface area contributed by atoms with E-state index in [1.807, 2.05) is 0 Å².